The van der Waals surface area contributed by atoms with Crippen LogP contribution in [-0.4, -0.2) is 40.6 Å². The first-order valence-electron chi connectivity index (χ1n) is 10.8. The fourth-order valence-corrected chi connectivity index (χ4v) is 5.36. The van der Waals surface area contributed by atoms with Gasteiger partial charge in [-0.1, -0.05) is 48.9 Å². The SMILES string of the molecule is COc1ccc(S(=O)(=O)N2C[C@H](C(=O)NC[C@H](C)c3ccccc3)Oc3ccc(Cl)cc32)cc1. The lowest BCUT2D eigenvalue weighted by Crippen LogP contribution is -2.51. The summed E-state index contributed by atoms with van der Waals surface area (Å²) in [4.78, 5) is 13.1. The molecule has 7 nitrogen and oxygen atoms in total. The van der Waals surface area contributed by atoms with Crippen molar-refractivity contribution in [3.8, 4) is 11.5 Å². The minimum Gasteiger partial charge on any atom is -0.497 e. The van der Waals surface area contributed by atoms with Crippen molar-refractivity contribution in [2.24, 2.45) is 0 Å². The third-order valence-electron chi connectivity index (χ3n) is 5.68. The smallest absolute Gasteiger partial charge is 0.264 e. The second-order valence-electron chi connectivity index (χ2n) is 7.99. The number of carbonyl (C=O) groups is 1. The van der Waals surface area contributed by atoms with Gasteiger partial charge in [0.15, 0.2) is 6.10 Å². The van der Waals surface area contributed by atoms with Crippen molar-refractivity contribution in [2.75, 3.05) is 24.5 Å². The van der Waals surface area contributed by atoms with Gasteiger partial charge >= 0.3 is 0 Å². The van der Waals surface area contributed by atoms with E-state index in [-0.39, 0.29) is 28.8 Å². The molecule has 9 heteroatoms. The van der Waals surface area contributed by atoms with Crippen LogP contribution in [0.3, 0.4) is 0 Å². The second kappa shape index (κ2) is 9.95. The van der Waals surface area contributed by atoms with Crippen LogP contribution in [0.15, 0.2) is 77.7 Å². The monoisotopic (exact) mass is 500 g/mol. The first kappa shape index (κ1) is 23.9. The Bertz CT molecular complexity index is 1270. The van der Waals surface area contributed by atoms with Crippen molar-refractivity contribution in [2.45, 2.75) is 23.8 Å². The highest BCUT2D eigenvalue weighted by atomic mass is 35.5. The van der Waals surface area contributed by atoms with Crippen LogP contribution < -0.4 is 19.1 Å². The number of fused-ring (bicyclic) bond motifs is 1. The molecule has 1 N–H and O–H groups in total. The number of nitrogens with zero attached hydrogens (tertiary/aromatic N) is 1. The minimum absolute atomic E-state index is 0.0676. The molecule has 0 aromatic heterocycles. The van der Waals surface area contributed by atoms with Crippen LogP contribution in [0, 0.1) is 0 Å². The number of sulfonamides is 1. The van der Waals surface area contributed by atoms with Crippen molar-refractivity contribution in [1.82, 2.24) is 5.32 Å². The molecule has 0 fully saturated rings. The molecule has 0 aliphatic carbocycles. The van der Waals surface area contributed by atoms with Gasteiger partial charge in [-0.15, -0.1) is 0 Å². The van der Waals surface area contributed by atoms with E-state index in [9.17, 15) is 13.2 Å². The fraction of sp³-hybridized carbons (Fsp3) is 0.240. The number of amides is 1. The Morgan fingerprint density at radius 3 is 2.53 bits per heavy atom. The number of rotatable bonds is 7. The van der Waals surface area contributed by atoms with Crippen LogP contribution in [0.5, 0.6) is 11.5 Å². The van der Waals surface area contributed by atoms with Gasteiger partial charge in [0.1, 0.15) is 11.5 Å². The number of hydrogen-bond acceptors (Lipinski definition) is 5. The first-order valence-corrected chi connectivity index (χ1v) is 12.6. The van der Waals surface area contributed by atoms with Crippen molar-refractivity contribution in [1.29, 1.82) is 0 Å². The van der Waals surface area contributed by atoms with Gasteiger partial charge in [-0.25, -0.2) is 8.42 Å². The average molecular weight is 501 g/mol. The highest BCUT2D eigenvalue weighted by Crippen LogP contribution is 2.39. The largest absolute Gasteiger partial charge is 0.497 e. The summed E-state index contributed by atoms with van der Waals surface area (Å²) in [6.45, 7) is 2.21. The molecule has 0 bridgehead atoms. The molecular formula is C25H25ClN2O5S. The molecule has 2 atom stereocenters. The molecule has 1 heterocycles. The Labute approximate surface area is 204 Å². The van der Waals surface area contributed by atoms with E-state index in [0.29, 0.717) is 17.3 Å². The Morgan fingerprint density at radius 2 is 1.85 bits per heavy atom. The van der Waals surface area contributed by atoms with Crippen LogP contribution in [0.2, 0.25) is 5.02 Å². The van der Waals surface area contributed by atoms with Crippen LogP contribution in [0.4, 0.5) is 5.69 Å². The number of carbonyl (C=O) groups excluding carboxylic acids is 1. The third-order valence-corrected chi connectivity index (χ3v) is 7.71. The molecule has 0 saturated heterocycles. The van der Waals surface area contributed by atoms with E-state index in [1.165, 1.54) is 29.6 Å². The molecule has 1 aliphatic rings. The first-order chi connectivity index (χ1) is 16.3. The molecule has 0 saturated carbocycles. The molecule has 3 aromatic rings. The Hall–Kier alpha value is -3.23. The molecule has 1 amide bonds. The van der Waals surface area contributed by atoms with E-state index < -0.39 is 22.0 Å². The summed E-state index contributed by atoms with van der Waals surface area (Å²) in [5.74, 6) is 0.496. The maximum atomic E-state index is 13.5. The molecule has 178 valence electrons. The number of ether oxygens (including phenoxy) is 2. The van der Waals surface area contributed by atoms with E-state index in [4.69, 9.17) is 21.1 Å². The van der Waals surface area contributed by atoms with E-state index in [0.717, 1.165) is 5.56 Å². The topological polar surface area (TPSA) is 84.9 Å². The van der Waals surface area contributed by atoms with Crippen molar-refractivity contribution < 1.29 is 22.7 Å². The number of benzene rings is 3. The van der Waals surface area contributed by atoms with Crippen LogP contribution in [0.25, 0.3) is 0 Å². The van der Waals surface area contributed by atoms with E-state index in [2.05, 4.69) is 5.32 Å². The molecule has 3 aromatic carbocycles. The summed E-state index contributed by atoms with van der Waals surface area (Å²) in [6, 6.07) is 20.6. The lowest BCUT2D eigenvalue weighted by atomic mass is 10.0. The van der Waals surface area contributed by atoms with E-state index in [1.54, 1.807) is 24.3 Å². The van der Waals surface area contributed by atoms with Gasteiger partial charge in [-0.3, -0.25) is 9.10 Å². The summed E-state index contributed by atoms with van der Waals surface area (Å²) in [5.41, 5.74) is 1.38. The van der Waals surface area contributed by atoms with Gasteiger partial charge in [0.05, 0.1) is 24.2 Å². The minimum atomic E-state index is -4.00. The Kier molecular flexibility index (Phi) is 7.00. The predicted molar refractivity (Wildman–Crippen MR) is 131 cm³/mol. The molecule has 0 radical (unpaired) electrons. The molecule has 1 aliphatic heterocycles. The Balaban J connectivity index is 1.58. The van der Waals surface area contributed by atoms with Gasteiger partial charge in [0, 0.05) is 11.6 Å². The van der Waals surface area contributed by atoms with E-state index >= 15 is 0 Å². The van der Waals surface area contributed by atoms with Gasteiger partial charge in [0.25, 0.3) is 15.9 Å². The normalized spacial score (nSPS) is 16.2. The number of anilines is 1. The summed E-state index contributed by atoms with van der Waals surface area (Å²) in [5, 5.41) is 3.25. The van der Waals surface area contributed by atoms with Gasteiger partial charge < -0.3 is 14.8 Å². The molecule has 0 spiro atoms. The highest BCUT2D eigenvalue weighted by Gasteiger charge is 2.37. The van der Waals surface area contributed by atoms with Gasteiger partial charge in [-0.2, -0.15) is 0 Å². The summed E-state index contributed by atoms with van der Waals surface area (Å²) < 4.78 is 39.3. The summed E-state index contributed by atoms with van der Waals surface area (Å²) >= 11 is 6.15. The fourth-order valence-electron chi connectivity index (χ4n) is 3.73. The maximum Gasteiger partial charge on any atom is 0.264 e. The lowest BCUT2D eigenvalue weighted by Gasteiger charge is -2.35. The number of hydrogen-bond donors (Lipinski definition) is 1. The quantitative estimate of drug-likeness (QED) is 0.525. The Morgan fingerprint density at radius 1 is 1.15 bits per heavy atom. The standard InChI is InChI=1S/C25H25ClN2O5S/c1-17(18-6-4-3-5-7-18)15-27-25(29)24-16-28(22-14-19(26)8-13-23(22)33-24)34(30,31)21-11-9-20(32-2)10-12-21/h3-14,17,24H,15-16H2,1-2H3,(H,27,29)/t17-,24+/m0/s1. The van der Waals surface area contributed by atoms with Crippen LogP contribution in [0.1, 0.15) is 18.4 Å². The zero-order valence-corrected chi connectivity index (χ0v) is 20.3. The summed E-state index contributed by atoms with van der Waals surface area (Å²) in [6.07, 6.45) is -1.02. The van der Waals surface area contributed by atoms with Gasteiger partial charge in [0.2, 0.25) is 0 Å². The predicted octanol–water partition coefficient (Wildman–Crippen LogP) is 4.22. The molecular weight excluding hydrogens is 476 g/mol. The second-order valence-corrected chi connectivity index (χ2v) is 10.3. The van der Waals surface area contributed by atoms with Crippen molar-refractivity contribution in [3.05, 3.63) is 83.4 Å². The molecule has 4 rings (SSSR count). The van der Waals surface area contributed by atoms with Crippen LogP contribution in [-0.2, 0) is 14.8 Å². The zero-order valence-electron chi connectivity index (χ0n) is 18.8. The number of halogens is 1. The number of nitrogens with one attached hydrogen (secondary N) is 1. The van der Waals surface area contributed by atoms with Crippen molar-refractivity contribution in [3.63, 3.8) is 0 Å². The third kappa shape index (κ3) is 4.98. The van der Waals surface area contributed by atoms with Gasteiger partial charge in [-0.05, 0) is 53.9 Å². The van der Waals surface area contributed by atoms with E-state index in [1.807, 2.05) is 37.3 Å². The highest BCUT2D eigenvalue weighted by molar-refractivity contribution is 7.92. The van der Waals surface area contributed by atoms with Crippen molar-refractivity contribution >= 4 is 33.2 Å². The lowest BCUT2D eigenvalue weighted by molar-refractivity contribution is -0.127. The zero-order chi connectivity index (χ0) is 24.3. The summed E-state index contributed by atoms with van der Waals surface area (Å²) in [7, 11) is -2.49. The number of methoxy groups -OCH3 is 1. The average Bonchev–Trinajstić information content (AvgIpc) is 2.86. The molecule has 0 unspecified atom stereocenters. The molecule has 34 heavy (non-hydrogen) atoms. The maximum absolute atomic E-state index is 13.5. The van der Waals surface area contributed by atoms with Crippen LogP contribution >= 0.6 is 11.6 Å².